The molecule has 1 fully saturated rings. The third-order valence-electron chi connectivity index (χ3n) is 2.81. The largest absolute Gasteiger partial charge is 0.372 e. The van der Waals surface area contributed by atoms with Gasteiger partial charge in [-0.25, -0.2) is 0 Å². The fourth-order valence-electron chi connectivity index (χ4n) is 1.98. The Morgan fingerprint density at radius 1 is 1.62 bits per heavy atom. The second-order valence-electron chi connectivity index (χ2n) is 3.52. The SMILES string of the molecule is CC[C@@]12C=CC(=O)C[C@@H]1OCCO2. The molecule has 13 heavy (non-hydrogen) atoms. The van der Waals surface area contributed by atoms with E-state index >= 15 is 0 Å². The van der Waals surface area contributed by atoms with Crippen molar-refractivity contribution in [3.8, 4) is 0 Å². The molecule has 1 aliphatic heterocycles. The minimum atomic E-state index is -0.327. The van der Waals surface area contributed by atoms with Crippen LogP contribution in [0.15, 0.2) is 12.2 Å². The van der Waals surface area contributed by atoms with Gasteiger partial charge in [0.05, 0.1) is 19.3 Å². The number of carbonyl (C=O) groups excluding carboxylic acids is 1. The summed E-state index contributed by atoms with van der Waals surface area (Å²) in [6, 6.07) is 0. The van der Waals surface area contributed by atoms with Gasteiger partial charge in [0.25, 0.3) is 0 Å². The number of hydrogen-bond acceptors (Lipinski definition) is 3. The van der Waals surface area contributed by atoms with Crippen LogP contribution in [0.4, 0.5) is 0 Å². The van der Waals surface area contributed by atoms with Crippen molar-refractivity contribution in [2.45, 2.75) is 31.5 Å². The molecule has 0 N–H and O–H groups in total. The quantitative estimate of drug-likeness (QED) is 0.608. The number of fused-ring (bicyclic) bond motifs is 1. The van der Waals surface area contributed by atoms with Crippen LogP contribution in [0.25, 0.3) is 0 Å². The Balaban J connectivity index is 2.26. The Morgan fingerprint density at radius 3 is 3.23 bits per heavy atom. The first-order valence-corrected chi connectivity index (χ1v) is 4.74. The highest BCUT2D eigenvalue weighted by molar-refractivity contribution is 5.91. The van der Waals surface area contributed by atoms with Gasteiger partial charge in [-0.05, 0) is 18.6 Å². The Labute approximate surface area is 77.7 Å². The van der Waals surface area contributed by atoms with Crippen molar-refractivity contribution in [2.24, 2.45) is 0 Å². The first kappa shape index (κ1) is 8.91. The Bertz CT molecular complexity index is 247. The summed E-state index contributed by atoms with van der Waals surface area (Å²) in [6.45, 7) is 3.29. The number of rotatable bonds is 1. The van der Waals surface area contributed by atoms with Gasteiger partial charge in [0, 0.05) is 6.42 Å². The van der Waals surface area contributed by atoms with Crippen molar-refractivity contribution in [3.63, 3.8) is 0 Å². The maximum absolute atomic E-state index is 11.2. The van der Waals surface area contributed by atoms with Crippen molar-refractivity contribution in [2.75, 3.05) is 13.2 Å². The lowest BCUT2D eigenvalue weighted by Crippen LogP contribution is -2.51. The monoisotopic (exact) mass is 182 g/mol. The van der Waals surface area contributed by atoms with E-state index < -0.39 is 0 Å². The molecule has 0 bridgehead atoms. The van der Waals surface area contributed by atoms with Crippen LogP contribution in [0.5, 0.6) is 0 Å². The fraction of sp³-hybridized carbons (Fsp3) is 0.700. The van der Waals surface area contributed by atoms with Gasteiger partial charge in [-0.15, -0.1) is 0 Å². The molecule has 0 aromatic heterocycles. The van der Waals surface area contributed by atoms with Crippen molar-refractivity contribution >= 4 is 5.78 Å². The lowest BCUT2D eigenvalue weighted by atomic mass is 9.84. The number of ether oxygens (including phenoxy) is 2. The predicted molar refractivity (Wildman–Crippen MR) is 47.5 cm³/mol. The summed E-state index contributed by atoms with van der Waals surface area (Å²) in [5, 5.41) is 0. The molecule has 0 aromatic carbocycles. The molecule has 0 saturated carbocycles. The summed E-state index contributed by atoms with van der Waals surface area (Å²) in [5.41, 5.74) is -0.327. The minimum absolute atomic E-state index is 0.0660. The maximum atomic E-state index is 11.2. The summed E-state index contributed by atoms with van der Waals surface area (Å²) in [4.78, 5) is 11.2. The smallest absolute Gasteiger partial charge is 0.158 e. The van der Waals surface area contributed by atoms with E-state index in [-0.39, 0.29) is 17.5 Å². The molecule has 0 unspecified atom stereocenters. The Kier molecular flexibility index (Phi) is 2.22. The fourth-order valence-corrected chi connectivity index (χ4v) is 1.98. The van der Waals surface area contributed by atoms with Crippen molar-refractivity contribution in [1.29, 1.82) is 0 Å². The lowest BCUT2D eigenvalue weighted by Gasteiger charge is -2.42. The Morgan fingerprint density at radius 2 is 2.46 bits per heavy atom. The Hall–Kier alpha value is -0.670. The normalized spacial score (nSPS) is 38.8. The van der Waals surface area contributed by atoms with E-state index in [4.69, 9.17) is 9.47 Å². The van der Waals surface area contributed by atoms with Crippen molar-refractivity contribution in [1.82, 2.24) is 0 Å². The molecule has 0 amide bonds. The number of allylic oxidation sites excluding steroid dienone is 1. The third-order valence-corrected chi connectivity index (χ3v) is 2.81. The molecule has 1 saturated heterocycles. The average Bonchev–Trinajstić information content (AvgIpc) is 2.18. The summed E-state index contributed by atoms with van der Waals surface area (Å²) in [6.07, 6.45) is 4.74. The summed E-state index contributed by atoms with van der Waals surface area (Å²) < 4.78 is 11.3. The molecule has 3 heteroatoms. The van der Waals surface area contributed by atoms with Gasteiger partial charge >= 0.3 is 0 Å². The van der Waals surface area contributed by atoms with Crippen molar-refractivity contribution in [3.05, 3.63) is 12.2 Å². The van der Waals surface area contributed by atoms with Gasteiger partial charge < -0.3 is 9.47 Å². The minimum Gasteiger partial charge on any atom is -0.372 e. The molecule has 2 rings (SSSR count). The zero-order chi connectivity index (χ0) is 9.31. The molecule has 72 valence electrons. The number of hydrogen-bond donors (Lipinski definition) is 0. The maximum Gasteiger partial charge on any atom is 0.158 e. The third kappa shape index (κ3) is 1.42. The molecule has 0 spiro atoms. The molecule has 2 atom stereocenters. The first-order chi connectivity index (χ1) is 6.27. The van der Waals surface area contributed by atoms with E-state index in [1.165, 1.54) is 0 Å². The van der Waals surface area contributed by atoms with Gasteiger partial charge in [-0.2, -0.15) is 0 Å². The lowest BCUT2D eigenvalue weighted by molar-refractivity contribution is -0.186. The highest BCUT2D eigenvalue weighted by atomic mass is 16.6. The van der Waals surface area contributed by atoms with Crippen LogP contribution in [-0.2, 0) is 14.3 Å². The first-order valence-electron chi connectivity index (χ1n) is 4.74. The van der Waals surface area contributed by atoms with E-state index in [0.29, 0.717) is 19.6 Å². The molecule has 1 heterocycles. The average molecular weight is 182 g/mol. The highest BCUT2D eigenvalue weighted by Crippen LogP contribution is 2.33. The molecule has 2 aliphatic rings. The molecule has 3 nitrogen and oxygen atoms in total. The van der Waals surface area contributed by atoms with Gasteiger partial charge in [0.2, 0.25) is 0 Å². The van der Waals surface area contributed by atoms with E-state index in [9.17, 15) is 4.79 Å². The van der Waals surface area contributed by atoms with E-state index in [1.807, 2.05) is 6.08 Å². The van der Waals surface area contributed by atoms with Crippen LogP contribution in [0.3, 0.4) is 0 Å². The van der Waals surface area contributed by atoms with Crippen LogP contribution in [-0.4, -0.2) is 30.7 Å². The van der Waals surface area contributed by atoms with E-state index in [2.05, 4.69) is 6.92 Å². The zero-order valence-corrected chi connectivity index (χ0v) is 7.79. The standard InChI is InChI=1S/C10H14O3/c1-2-10-4-3-8(11)7-9(10)12-5-6-13-10/h3-4,9H,2,5-7H2,1H3/t9-,10+/m0/s1. The zero-order valence-electron chi connectivity index (χ0n) is 7.79. The topological polar surface area (TPSA) is 35.5 Å². The van der Waals surface area contributed by atoms with E-state index in [1.54, 1.807) is 6.08 Å². The number of ketones is 1. The number of carbonyl (C=O) groups is 1. The van der Waals surface area contributed by atoms with Gasteiger partial charge in [-0.3, -0.25) is 4.79 Å². The summed E-state index contributed by atoms with van der Waals surface area (Å²) in [7, 11) is 0. The molecule has 1 aliphatic carbocycles. The molecule has 0 radical (unpaired) electrons. The van der Waals surface area contributed by atoms with Gasteiger partial charge in [-0.1, -0.05) is 6.92 Å². The predicted octanol–water partition coefficient (Wildman–Crippen LogP) is 1.08. The van der Waals surface area contributed by atoms with Gasteiger partial charge in [0.15, 0.2) is 5.78 Å². The van der Waals surface area contributed by atoms with Crippen molar-refractivity contribution < 1.29 is 14.3 Å². The van der Waals surface area contributed by atoms with Crippen LogP contribution >= 0.6 is 0 Å². The highest BCUT2D eigenvalue weighted by Gasteiger charge is 2.42. The second-order valence-corrected chi connectivity index (χ2v) is 3.52. The summed E-state index contributed by atoms with van der Waals surface area (Å²) in [5.74, 6) is 0.138. The summed E-state index contributed by atoms with van der Waals surface area (Å²) >= 11 is 0. The molecular formula is C10H14O3. The van der Waals surface area contributed by atoms with Crippen LogP contribution < -0.4 is 0 Å². The van der Waals surface area contributed by atoms with Crippen LogP contribution in [0.1, 0.15) is 19.8 Å². The van der Waals surface area contributed by atoms with E-state index in [0.717, 1.165) is 6.42 Å². The van der Waals surface area contributed by atoms with Gasteiger partial charge in [0.1, 0.15) is 5.60 Å². The molecule has 0 aromatic rings. The molecular weight excluding hydrogens is 168 g/mol. The second kappa shape index (κ2) is 3.24. The van der Waals surface area contributed by atoms with Crippen LogP contribution in [0, 0.1) is 0 Å². The van der Waals surface area contributed by atoms with Crippen LogP contribution in [0.2, 0.25) is 0 Å².